The molecule has 0 aromatic heterocycles. The molecule has 0 aliphatic heterocycles. The van der Waals surface area contributed by atoms with Gasteiger partial charge in [0.05, 0.1) is 0 Å². The summed E-state index contributed by atoms with van der Waals surface area (Å²) in [4.78, 5) is 0. The second kappa shape index (κ2) is 6.17. The van der Waals surface area contributed by atoms with Crippen molar-refractivity contribution in [3.8, 4) is 5.75 Å². The van der Waals surface area contributed by atoms with E-state index in [9.17, 15) is 4.39 Å². The summed E-state index contributed by atoms with van der Waals surface area (Å²) in [5.74, 6) is 0.487. The third kappa shape index (κ3) is 3.78. The van der Waals surface area contributed by atoms with E-state index in [2.05, 4.69) is 15.9 Å². The van der Waals surface area contributed by atoms with Gasteiger partial charge in [-0.2, -0.15) is 0 Å². The fourth-order valence-corrected chi connectivity index (χ4v) is 2.15. The predicted octanol–water partition coefficient (Wildman–Crippen LogP) is 4.19. The van der Waals surface area contributed by atoms with E-state index < -0.39 is 0 Å². The van der Waals surface area contributed by atoms with Gasteiger partial charge in [-0.25, -0.2) is 4.39 Å². The van der Waals surface area contributed by atoms with Gasteiger partial charge in [0.2, 0.25) is 0 Å². The van der Waals surface area contributed by atoms with E-state index >= 15 is 0 Å². The maximum Gasteiger partial charge on any atom is 0.124 e. The molecular weight excluding hydrogens is 309 g/mol. The summed E-state index contributed by atoms with van der Waals surface area (Å²) in [6.45, 7) is 2.30. The zero-order chi connectivity index (χ0) is 13.8. The van der Waals surface area contributed by atoms with Crippen LogP contribution in [-0.2, 0) is 6.61 Å². The van der Waals surface area contributed by atoms with Gasteiger partial charge in [0, 0.05) is 16.1 Å². The molecule has 0 aliphatic carbocycles. The van der Waals surface area contributed by atoms with Crippen LogP contribution in [0, 0.1) is 5.82 Å². The summed E-state index contributed by atoms with van der Waals surface area (Å²) in [5.41, 5.74) is 7.75. The Morgan fingerprint density at radius 3 is 2.74 bits per heavy atom. The normalized spacial score (nSPS) is 12.2. The molecule has 2 N–H and O–H groups in total. The van der Waals surface area contributed by atoms with Crippen molar-refractivity contribution >= 4 is 15.9 Å². The van der Waals surface area contributed by atoms with Gasteiger partial charge in [0.25, 0.3) is 0 Å². The van der Waals surface area contributed by atoms with Crippen molar-refractivity contribution in [3.63, 3.8) is 0 Å². The number of nitrogens with two attached hydrogens (primary N) is 1. The van der Waals surface area contributed by atoms with Crippen LogP contribution >= 0.6 is 15.9 Å². The average Bonchev–Trinajstić information content (AvgIpc) is 2.38. The van der Waals surface area contributed by atoms with Crippen molar-refractivity contribution in [1.29, 1.82) is 0 Å². The second-order valence-electron chi connectivity index (χ2n) is 4.39. The molecule has 0 aliphatic rings. The highest BCUT2D eigenvalue weighted by atomic mass is 79.9. The molecule has 0 heterocycles. The number of rotatable bonds is 4. The Labute approximate surface area is 120 Å². The molecule has 0 saturated heterocycles. The van der Waals surface area contributed by atoms with E-state index in [1.54, 1.807) is 6.07 Å². The highest BCUT2D eigenvalue weighted by Crippen LogP contribution is 2.22. The summed E-state index contributed by atoms with van der Waals surface area (Å²) in [7, 11) is 0. The van der Waals surface area contributed by atoms with E-state index in [1.807, 2.05) is 31.2 Å². The molecule has 2 rings (SSSR count). The van der Waals surface area contributed by atoms with Crippen molar-refractivity contribution in [1.82, 2.24) is 0 Å². The monoisotopic (exact) mass is 323 g/mol. The van der Waals surface area contributed by atoms with Gasteiger partial charge in [-0.15, -0.1) is 0 Å². The molecule has 2 nitrogen and oxygen atoms in total. The summed E-state index contributed by atoms with van der Waals surface area (Å²) in [6.07, 6.45) is 0. The van der Waals surface area contributed by atoms with E-state index in [-0.39, 0.29) is 11.9 Å². The predicted molar refractivity (Wildman–Crippen MR) is 77.5 cm³/mol. The lowest BCUT2D eigenvalue weighted by molar-refractivity contribution is 0.305. The average molecular weight is 324 g/mol. The summed E-state index contributed by atoms with van der Waals surface area (Å²) >= 11 is 3.32. The summed E-state index contributed by atoms with van der Waals surface area (Å²) in [6, 6.07) is 12.2. The Balaban J connectivity index is 2.08. The lowest BCUT2D eigenvalue weighted by atomic mass is 10.1. The van der Waals surface area contributed by atoms with Crippen molar-refractivity contribution < 1.29 is 9.13 Å². The third-order valence-electron chi connectivity index (χ3n) is 2.79. The van der Waals surface area contributed by atoms with Crippen LogP contribution in [0.25, 0.3) is 0 Å². The zero-order valence-electron chi connectivity index (χ0n) is 10.6. The standard InChI is InChI=1S/C15H15BrFNO/c1-10(18)11-3-2-4-14(7-11)19-9-12-5-6-13(17)8-15(12)16/h2-8,10H,9,18H2,1H3/t10-/m1/s1. The van der Waals surface area contributed by atoms with Crippen LogP contribution in [0.15, 0.2) is 46.9 Å². The first-order chi connectivity index (χ1) is 9.06. The smallest absolute Gasteiger partial charge is 0.124 e. The van der Waals surface area contributed by atoms with E-state index in [0.717, 1.165) is 16.9 Å². The van der Waals surface area contributed by atoms with Gasteiger partial charge in [-0.1, -0.05) is 34.1 Å². The molecule has 0 amide bonds. The first-order valence-electron chi connectivity index (χ1n) is 5.98. The number of hydrogen-bond donors (Lipinski definition) is 1. The van der Waals surface area contributed by atoms with Crippen LogP contribution in [0.3, 0.4) is 0 Å². The third-order valence-corrected chi connectivity index (χ3v) is 3.53. The Bertz CT molecular complexity index is 572. The van der Waals surface area contributed by atoms with Crippen molar-refractivity contribution in [2.75, 3.05) is 0 Å². The first kappa shape index (κ1) is 14.0. The van der Waals surface area contributed by atoms with E-state index in [4.69, 9.17) is 10.5 Å². The zero-order valence-corrected chi connectivity index (χ0v) is 12.2. The van der Waals surface area contributed by atoms with Crippen LogP contribution in [0.5, 0.6) is 5.75 Å². The first-order valence-corrected chi connectivity index (χ1v) is 6.78. The van der Waals surface area contributed by atoms with Crippen LogP contribution in [0.4, 0.5) is 4.39 Å². The van der Waals surface area contributed by atoms with Crippen molar-refractivity contribution in [3.05, 3.63) is 63.9 Å². The van der Waals surface area contributed by atoms with E-state index in [1.165, 1.54) is 12.1 Å². The molecule has 100 valence electrons. The van der Waals surface area contributed by atoms with Crippen LogP contribution in [-0.4, -0.2) is 0 Å². The quantitative estimate of drug-likeness (QED) is 0.915. The number of hydrogen-bond acceptors (Lipinski definition) is 2. The number of ether oxygens (including phenoxy) is 1. The number of halogens is 2. The van der Waals surface area contributed by atoms with Gasteiger partial charge in [-0.3, -0.25) is 0 Å². The molecule has 0 unspecified atom stereocenters. The molecule has 1 atom stereocenters. The molecule has 0 saturated carbocycles. The minimum absolute atomic E-state index is 0.0268. The lowest BCUT2D eigenvalue weighted by Gasteiger charge is -2.11. The van der Waals surface area contributed by atoms with Crippen LogP contribution < -0.4 is 10.5 Å². The topological polar surface area (TPSA) is 35.2 Å². The minimum Gasteiger partial charge on any atom is -0.489 e. The van der Waals surface area contributed by atoms with Crippen LogP contribution in [0.2, 0.25) is 0 Å². The van der Waals surface area contributed by atoms with Gasteiger partial charge < -0.3 is 10.5 Å². The Hall–Kier alpha value is -1.39. The molecule has 0 radical (unpaired) electrons. The molecule has 0 spiro atoms. The molecule has 4 heteroatoms. The minimum atomic E-state index is -0.269. The molecule has 0 fully saturated rings. The van der Waals surface area contributed by atoms with Crippen molar-refractivity contribution in [2.45, 2.75) is 19.6 Å². The maximum absolute atomic E-state index is 13.0. The number of benzene rings is 2. The van der Waals surface area contributed by atoms with E-state index in [0.29, 0.717) is 11.1 Å². The van der Waals surface area contributed by atoms with Gasteiger partial charge in [0.1, 0.15) is 18.2 Å². The second-order valence-corrected chi connectivity index (χ2v) is 5.24. The van der Waals surface area contributed by atoms with Crippen molar-refractivity contribution in [2.24, 2.45) is 5.73 Å². The Morgan fingerprint density at radius 1 is 1.26 bits per heavy atom. The lowest BCUT2D eigenvalue weighted by Crippen LogP contribution is -2.05. The molecule has 2 aromatic carbocycles. The summed E-state index contributed by atoms with van der Waals surface area (Å²) < 4.78 is 19.4. The Morgan fingerprint density at radius 2 is 2.05 bits per heavy atom. The molecule has 2 aromatic rings. The molecule has 0 bridgehead atoms. The van der Waals surface area contributed by atoms with Gasteiger partial charge in [-0.05, 0) is 36.8 Å². The molecular formula is C15H15BrFNO. The summed E-state index contributed by atoms with van der Waals surface area (Å²) in [5, 5.41) is 0. The fraction of sp³-hybridized carbons (Fsp3) is 0.200. The fourth-order valence-electron chi connectivity index (χ4n) is 1.69. The van der Waals surface area contributed by atoms with Gasteiger partial charge >= 0.3 is 0 Å². The van der Waals surface area contributed by atoms with Crippen LogP contribution in [0.1, 0.15) is 24.1 Å². The highest BCUT2D eigenvalue weighted by Gasteiger charge is 2.04. The Kier molecular flexibility index (Phi) is 4.56. The van der Waals surface area contributed by atoms with Gasteiger partial charge in [0.15, 0.2) is 0 Å². The SMILES string of the molecule is C[C@@H](N)c1cccc(OCc2ccc(F)cc2Br)c1. The highest BCUT2D eigenvalue weighted by molar-refractivity contribution is 9.10. The maximum atomic E-state index is 13.0. The largest absolute Gasteiger partial charge is 0.489 e. The molecule has 19 heavy (non-hydrogen) atoms.